The van der Waals surface area contributed by atoms with Gasteiger partial charge in [-0.3, -0.25) is 43.3 Å². The third kappa shape index (κ3) is 21.8. The Morgan fingerprint density at radius 1 is 0.628 bits per heavy atom. The first-order valence-corrected chi connectivity index (χ1v) is 26.7. The number of nitrogens with one attached hydrogen (secondary N) is 9. The molecule has 0 aliphatic heterocycles. The molecule has 0 bridgehead atoms. The third-order valence-corrected chi connectivity index (χ3v) is 13.1. The number of aromatic amines is 1. The first-order valence-electron chi connectivity index (χ1n) is 26.7. The number of carboxylic acids is 1. The van der Waals surface area contributed by atoms with Crippen LogP contribution in [0, 0.1) is 17.8 Å². The lowest BCUT2D eigenvalue weighted by Crippen LogP contribution is -2.61. The Hall–Kier alpha value is -7.60. The van der Waals surface area contributed by atoms with Crippen LogP contribution in [0.1, 0.15) is 105 Å². The molecule has 0 aliphatic rings. The number of amides is 8. The number of para-hydroxylation sites is 1. The van der Waals surface area contributed by atoms with Crippen molar-refractivity contribution in [2.24, 2.45) is 45.7 Å². The Morgan fingerprint density at radius 3 is 1.86 bits per heavy atom. The quantitative estimate of drug-likeness (QED) is 0.0210. The summed E-state index contributed by atoms with van der Waals surface area (Å²) in [6.45, 7) is 11.9. The van der Waals surface area contributed by atoms with Crippen molar-refractivity contribution >= 4 is 70.1 Å². The topological polar surface area (TPSA) is 402 Å². The van der Waals surface area contributed by atoms with Crippen molar-refractivity contribution in [2.45, 2.75) is 155 Å². The van der Waals surface area contributed by atoms with Crippen LogP contribution in [0.2, 0.25) is 0 Å². The van der Waals surface area contributed by atoms with Gasteiger partial charge in [0.05, 0.1) is 12.6 Å². The van der Waals surface area contributed by atoms with Crippen LogP contribution in [0.25, 0.3) is 10.9 Å². The minimum absolute atomic E-state index is 0.00643. The molecule has 430 valence electrons. The number of guanidine groups is 1. The number of carbonyl (C=O) groups excluding carboxylic acids is 8. The summed E-state index contributed by atoms with van der Waals surface area (Å²) in [4.78, 5) is 129. The van der Waals surface area contributed by atoms with Crippen molar-refractivity contribution in [3.63, 3.8) is 0 Å². The second kappa shape index (κ2) is 32.9. The summed E-state index contributed by atoms with van der Waals surface area (Å²) in [6, 6.07) is 7.11. The van der Waals surface area contributed by atoms with Crippen molar-refractivity contribution in [3.05, 3.63) is 71.9 Å². The molecule has 9 atom stereocenters. The molecule has 0 saturated heterocycles. The van der Waals surface area contributed by atoms with Crippen molar-refractivity contribution in [1.82, 2.24) is 47.5 Å². The summed E-state index contributed by atoms with van der Waals surface area (Å²) < 4.78 is 0. The van der Waals surface area contributed by atoms with E-state index in [1.165, 1.54) is 6.92 Å². The van der Waals surface area contributed by atoms with Crippen LogP contribution in [0.15, 0.2) is 65.8 Å². The number of nitrogens with zero attached hydrogens (tertiary/aromatic N) is 1. The van der Waals surface area contributed by atoms with Crippen LogP contribution in [-0.2, 0) is 56.0 Å². The molecule has 2 aromatic carbocycles. The van der Waals surface area contributed by atoms with Crippen molar-refractivity contribution in [1.29, 1.82) is 0 Å². The van der Waals surface area contributed by atoms with Crippen LogP contribution in [-0.4, -0.2) is 137 Å². The lowest BCUT2D eigenvalue weighted by atomic mass is 9.97. The average Bonchev–Trinajstić information content (AvgIpc) is 3.82. The number of benzene rings is 2. The van der Waals surface area contributed by atoms with Gasteiger partial charge in [0.1, 0.15) is 42.3 Å². The van der Waals surface area contributed by atoms with Crippen LogP contribution >= 0.6 is 0 Å². The predicted octanol–water partition coefficient (Wildman–Crippen LogP) is -0.175. The van der Waals surface area contributed by atoms with Gasteiger partial charge in [-0.2, -0.15) is 0 Å². The molecule has 0 fully saturated rings. The maximum atomic E-state index is 14.6. The molecule has 0 unspecified atom stereocenters. The van der Waals surface area contributed by atoms with Gasteiger partial charge in [-0.25, -0.2) is 4.79 Å². The van der Waals surface area contributed by atoms with E-state index in [0.717, 1.165) is 16.5 Å². The van der Waals surface area contributed by atoms with Gasteiger partial charge in [-0.15, -0.1) is 0 Å². The highest BCUT2D eigenvalue weighted by atomic mass is 16.4. The van der Waals surface area contributed by atoms with Gasteiger partial charge in [0.2, 0.25) is 47.3 Å². The van der Waals surface area contributed by atoms with E-state index in [9.17, 15) is 48.3 Å². The molecule has 24 heteroatoms. The normalized spacial score (nSPS) is 14.7. The molecule has 1 aromatic heterocycles. The standard InChI is InChI=1S/C54H84N14O10/c1-8-32(6)45(68-47(71)37(56)26-34-17-10-9-11-18-34)52(76)62-33(7)46(70)65-42(27-35-28-60-38-20-13-12-19-36(35)38)49(73)66-41(25-30(2)3)50(74)67-44(31(4)5)51(75)64-39(21-14-15-23-55)48(72)61-29-43(69)63-40(53(77)78)22-16-24-59-54(57)58/h9-13,17-20,28,30-33,37,39-42,44-45,60H,8,14-16,21-27,29,55-56H2,1-7H3,(H,61,72)(H,62,76)(H,63,69)(H,64,75)(H,65,70)(H,66,73)(H,67,74)(H,68,71)(H,77,78)(H4,57,58,59)/t32-,33-,37-,39-,40-,41-,42-,44-,45-/m0/s1. The number of fused-ring (bicyclic) bond motifs is 1. The lowest BCUT2D eigenvalue weighted by Gasteiger charge is -2.29. The number of rotatable bonds is 34. The van der Waals surface area contributed by atoms with E-state index < -0.39 is 114 Å². The number of carbonyl (C=O) groups is 9. The first kappa shape index (κ1) is 64.7. The van der Waals surface area contributed by atoms with Crippen LogP contribution in [0.4, 0.5) is 0 Å². The number of carboxylic acid groups (broad SMARTS) is 1. The minimum atomic E-state index is -1.30. The Labute approximate surface area is 456 Å². The summed E-state index contributed by atoms with van der Waals surface area (Å²) in [5, 5.41) is 31.7. The molecule has 24 nitrogen and oxygen atoms in total. The third-order valence-electron chi connectivity index (χ3n) is 13.1. The number of unbranched alkanes of at least 4 members (excludes halogenated alkanes) is 1. The maximum absolute atomic E-state index is 14.6. The Morgan fingerprint density at radius 2 is 1.23 bits per heavy atom. The van der Waals surface area contributed by atoms with Crippen molar-refractivity contribution in [3.8, 4) is 0 Å². The number of aliphatic imine (C=N–C) groups is 1. The molecular weight excluding hydrogens is 1000 g/mol. The Kier molecular flexibility index (Phi) is 27.3. The summed E-state index contributed by atoms with van der Waals surface area (Å²) in [5.74, 6) is -8.17. The fourth-order valence-electron chi connectivity index (χ4n) is 8.40. The number of hydrogen-bond acceptors (Lipinski definition) is 12. The summed E-state index contributed by atoms with van der Waals surface area (Å²) in [7, 11) is 0. The van der Waals surface area contributed by atoms with E-state index in [1.807, 2.05) is 75.4 Å². The van der Waals surface area contributed by atoms with E-state index >= 15 is 0 Å². The fraction of sp³-hybridized carbons (Fsp3) is 0.556. The molecule has 3 rings (SSSR count). The van der Waals surface area contributed by atoms with E-state index in [2.05, 4.69) is 52.5 Å². The molecular formula is C54H84N14O10. The molecule has 1 heterocycles. The van der Waals surface area contributed by atoms with Gasteiger partial charge in [-0.05, 0) is 93.4 Å². The lowest BCUT2D eigenvalue weighted by molar-refractivity contribution is -0.142. The molecule has 8 amide bonds. The first-order chi connectivity index (χ1) is 36.9. The van der Waals surface area contributed by atoms with Crippen LogP contribution in [0.3, 0.4) is 0 Å². The zero-order chi connectivity index (χ0) is 58.1. The number of H-pyrrole nitrogens is 1. The Bertz CT molecular complexity index is 2500. The predicted molar refractivity (Wildman–Crippen MR) is 297 cm³/mol. The molecule has 0 saturated carbocycles. The monoisotopic (exact) mass is 1090 g/mol. The molecule has 0 spiro atoms. The van der Waals surface area contributed by atoms with Crippen molar-refractivity contribution < 1.29 is 48.3 Å². The van der Waals surface area contributed by atoms with E-state index in [-0.39, 0.29) is 62.9 Å². The maximum Gasteiger partial charge on any atom is 0.326 e. The largest absolute Gasteiger partial charge is 0.480 e. The van der Waals surface area contributed by atoms with Crippen molar-refractivity contribution in [2.75, 3.05) is 19.6 Å². The highest BCUT2D eigenvalue weighted by molar-refractivity contribution is 5.98. The molecule has 18 N–H and O–H groups in total. The number of nitrogens with two attached hydrogens (primary N) is 4. The highest BCUT2D eigenvalue weighted by Crippen LogP contribution is 2.20. The van der Waals surface area contributed by atoms with Gasteiger partial charge in [-0.1, -0.05) is 96.5 Å². The molecule has 3 aromatic rings. The smallest absolute Gasteiger partial charge is 0.326 e. The van der Waals surface area contributed by atoms with E-state index in [1.54, 1.807) is 27.0 Å². The van der Waals surface area contributed by atoms with E-state index in [0.29, 0.717) is 31.4 Å². The summed E-state index contributed by atoms with van der Waals surface area (Å²) >= 11 is 0. The van der Waals surface area contributed by atoms with Crippen LogP contribution < -0.4 is 65.5 Å². The molecule has 78 heavy (non-hydrogen) atoms. The second-order valence-corrected chi connectivity index (χ2v) is 20.4. The van der Waals surface area contributed by atoms with Gasteiger partial charge in [0.25, 0.3) is 0 Å². The fourth-order valence-corrected chi connectivity index (χ4v) is 8.40. The number of hydrogen-bond donors (Lipinski definition) is 14. The minimum Gasteiger partial charge on any atom is -0.480 e. The number of aromatic nitrogens is 1. The van der Waals surface area contributed by atoms with Gasteiger partial charge >= 0.3 is 5.97 Å². The van der Waals surface area contributed by atoms with Gasteiger partial charge in [0, 0.05) is 30.1 Å². The Balaban J connectivity index is 1.81. The summed E-state index contributed by atoms with van der Waals surface area (Å²) in [6.07, 6.45) is 3.78. The van der Waals surface area contributed by atoms with Crippen LogP contribution in [0.5, 0.6) is 0 Å². The zero-order valence-corrected chi connectivity index (χ0v) is 46.0. The highest BCUT2D eigenvalue weighted by Gasteiger charge is 2.35. The van der Waals surface area contributed by atoms with Gasteiger partial charge < -0.3 is 75.6 Å². The number of aliphatic carboxylic acids is 1. The second-order valence-electron chi connectivity index (χ2n) is 20.4. The molecule has 0 aliphatic carbocycles. The summed E-state index contributed by atoms with van der Waals surface area (Å²) in [5.41, 5.74) is 24.9. The zero-order valence-electron chi connectivity index (χ0n) is 46.0. The SMILES string of the molecule is CC[C@H](C)[C@H](NC(=O)[C@@H](N)Cc1ccccc1)C(=O)N[C@@H](C)C(=O)N[C@@H](Cc1c[nH]c2ccccc12)C(=O)N[C@@H](CC(C)C)C(=O)N[C@H](C(=O)N[C@@H](CCCCN)C(=O)NCC(=O)N[C@@H](CCCN=C(N)N)C(=O)O)C(C)C. The molecule has 0 radical (unpaired) electrons. The average molecular weight is 1090 g/mol. The van der Waals surface area contributed by atoms with Gasteiger partial charge in [0.15, 0.2) is 5.96 Å². The van der Waals surface area contributed by atoms with E-state index in [4.69, 9.17) is 22.9 Å².